The van der Waals surface area contributed by atoms with Crippen LogP contribution in [-0.2, 0) is 4.79 Å². The minimum absolute atomic E-state index is 0.0396. The van der Waals surface area contributed by atoms with Crippen molar-refractivity contribution in [3.8, 4) is 0 Å². The van der Waals surface area contributed by atoms with E-state index in [0.29, 0.717) is 31.7 Å². The molecule has 1 fully saturated rings. The molecule has 1 heterocycles. The number of nitro benzene ring substituents is 1. The summed E-state index contributed by atoms with van der Waals surface area (Å²) in [6.07, 6.45) is 0.323. The summed E-state index contributed by atoms with van der Waals surface area (Å²) in [5.74, 6) is -0.0396. The highest BCUT2D eigenvalue weighted by molar-refractivity contribution is 6.33. The van der Waals surface area contributed by atoms with E-state index in [0.717, 1.165) is 0 Å². The molecule has 0 saturated carbocycles. The maximum absolute atomic E-state index is 11.2. The number of nitrogens with zero attached hydrogens (tertiary/aromatic N) is 2. The number of nitro groups is 1. The molecule has 96 valence electrons. The fourth-order valence-electron chi connectivity index (χ4n) is 1.95. The second-order valence-corrected chi connectivity index (χ2v) is 4.36. The van der Waals surface area contributed by atoms with Gasteiger partial charge in [-0.15, -0.1) is 0 Å². The molecule has 18 heavy (non-hydrogen) atoms. The van der Waals surface area contributed by atoms with Gasteiger partial charge in [-0.3, -0.25) is 14.9 Å². The number of carbonyl (C=O) groups excluding carboxylic acids is 1. The van der Waals surface area contributed by atoms with Crippen molar-refractivity contribution in [3.63, 3.8) is 0 Å². The van der Waals surface area contributed by atoms with Gasteiger partial charge in [0.1, 0.15) is 10.7 Å². The Kier molecular flexibility index (Phi) is 3.66. The summed E-state index contributed by atoms with van der Waals surface area (Å²) in [4.78, 5) is 23.6. The van der Waals surface area contributed by atoms with E-state index in [4.69, 9.17) is 11.6 Å². The lowest BCUT2D eigenvalue weighted by atomic mass is 10.2. The van der Waals surface area contributed by atoms with Crippen LogP contribution in [0.5, 0.6) is 0 Å². The molecule has 1 N–H and O–H groups in total. The highest BCUT2D eigenvalue weighted by Gasteiger charge is 2.24. The third kappa shape index (κ3) is 2.53. The first kappa shape index (κ1) is 12.6. The molecule has 0 atom stereocenters. The second-order valence-electron chi connectivity index (χ2n) is 3.95. The van der Waals surface area contributed by atoms with Crippen molar-refractivity contribution < 1.29 is 9.72 Å². The first-order chi connectivity index (χ1) is 8.59. The van der Waals surface area contributed by atoms with Crippen molar-refractivity contribution in [1.29, 1.82) is 0 Å². The summed E-state index contributed by atoms with van der Waals surface area (Å²) in [5.41, 5.74) is 0.359. The third-order valence-electron chi connectivity index (χ3n) is 2.80. The fraction of sp³-hybridized carbons (Fsp3) is 0.364. The summed E-state index contributed by atoms with van der Waals surface area (Å²) in [6.45, 7) is 1.46. The van der Waals surface area contributed by atoms with Gasteiger partial charge >= 0.3 is 5.69 Å². The van der Waals surface area contributed by atoms with Crippen LogP contribution in [0, 0.1) is 10.1 Å². The Morgan fingerprint density at radius 1 is 1.39 bits per heavy atom. The molecule has 1 aliphatic rings. The number of carbonyl (C=O) groups is 1. The first-order valence-electron chi connectivity index (χ1n) is 5.54. The van der Waals surface area contributed by atoms with Gasteiger partial charge in [0.2, 0.25) is 5.91 Å². The van der Waals surface area contributed by atoms with Crippen molar-refractivity contribution in [1.82, 2.24) is 5.32 Å². The van der Waals surface area contributed by atoms with Gasteiger partial charge in [0.15, 0.2) is 0 Å². The molecule has 7 heteroatoms. The molecule has 1 saturated heterocycles. The largest absolute Gasteiger partial charge is 0.364 e. The van der Waals surface area contributed by atoms with Crippen LogP contribution in [0.3, 0.4) is 0 Å². The van der Waals surface area contributed by atoms with Crippen LogP contribution in [0.15, 0.2) is 18.2 Å². The quantitative estimate of drug-likeness (QED) is 0.653. The zero-order chi connectivity index (χ0) is 13.1. The Balaban J connectivity index is 2.35. The lowest BCUT2D eigenvalue weighted by Gasteiger charge is -2.21. The number of anilines is 1. The molecule has 2 rings (SSSR count). The number of rotatable bonds is 2. The summed E-state index contributed by atoms with van der Waals surface area (Å²) >= 11 is 5.86. The van der Waals surface area contributed by atoms with Gasteiger partial charge in [-0.2, -0.15) is 0 Å². The van der Waals surface area contributed by atoms with E-state index in [1.54, 1.807) is 12.1 Å². The standard InChI is InChI=1S/C11H12ClN3O3/c12-8-2-1-3-9(11(8)15(17)18)14-6-4-10(16)13-5-7-14/h1-3H,4-7H2,(H,13,16). The zero-order valence-corrected chi connectivity index (χ0v) is 10.3. The Labute approximate surface area is 109 Å². The number of nitrogens with one attached hydrogen (secondary N) is 1. The van der Waals surface area contributed by atoms with Crippen molar-refractivity contribution in [2.75, 3.05) is 24.5 Å². The lowest BCUT2D eigenvalue weighted by molar-refractivity contribution is -0.384. The molecule has 1 aliphatic heterocycles. The Hall–Kier alpha value is -1.82. The number of amides is 1. The van der Waals surface area contributed by atoms with Crippen LogP contribution < -0.4 is 10.2 Å². The Bertz CT molecular complexity index is 492. The minimum atomic E-state index is -0.488. The lowest BCUT2D eigenvalue weighted by Crippen LogP contribution is -2.28. The van der Waals surface area contributed by atoms with E-state index in [9.17, 15) is 14.9 Å². The maximum Gasteiger partial charge on any atom is 0.310 e. The average Bonchev–Trinajstić information content (AvgIpc) is 2.53. The number of hydrogen-bond acceptors (Lipinski definition) is 4. The molecule has 0 radical (unpaired) electrons. The Morgan fingerprint density at radius 3 is 2.89 bits per heavy atom. The number of hydrogen-bond donors (Lipinski definition) is 1. The first-order valence-corrected chi connectivity index (χ1v) is 5.92. The van der Waals surface area contributed by atoms with Crippen molar-refractivity contribution >= 4 is 28.9 Å². The van der Waals surface area contributed by atoms with Crippen LogP contribution in [0.4, 0.5) is 11.4 Å². The fourth-order valence-corrected chi connectivity index (χ4v) is 2.19. The summed E-state index contributed by atoms with van der Waals surface area (Å²) in [5, 5.41) is 13.9. The van der Waals surface area contributed by atoms with Crippen LogP contribution in [-0.4, -0.2) is 30.5 Å². The monoisotopic (exact) mass is 269 g/mol. The number of benzene rings is 1. The molecule has 0 aliphatic carbocycles. The molecule has 1 aromatic rings. The molecule has 0 bridgehead atoms. The van der Waals surface area contributed by atoms with E-state index in [1.807, 2.05) is 4.90 Å². The van der Waals surface area contributed by atoms with Crippen LogP contribution in [0.1, 0.15) is 6.42 Å². The van der Waals surface area contributed by atoms with E-state index < -0.39 is 4.92 Å². The second kappa shape index (κ2) is 5.22. The van der Waals surface area contributed by atoms with Crippen molar-refractivity contribution in [3.05, 3.63) is 33.3 Å². The topological polar surface area (TPSA) is 75.5 Å². The number of para-hydroxylation sites is 1. The van der Waals surface area contributed by atoms with Crippen LogP contribution in [0.2, 0.25) is 5.02 Å². The molecule has 0 spiro atoms. The molecular formula is C11H12ClN3O3. The van der Waals surface area contributed by atoms with Gasteiger partial charge < -0.3 is 10.2 Å². The van der Waals surface area contributed by atoms with Gasteiger partial charge in [0.25, 0.3) is 0 Å². The predicted octanol–water partition coefficient (Wildman–Crippen LogP) is 1.57. The predicted molar refractivity (Wildman–Crippen MR) is 67.9 cm³/mol. The number of halogens is 1. The summed E-state index contributed by atoms with van der Waals surface area (Å²) in [7, 11) is 0. The highest BCUT2D eigenvalue weighted by atomic mass is 35.5. The molecule has 1 aromatic carbocycles. The molecule has 1 amide bonds. The average molecular weight is 270 g/mol. The van der Waals surface area contributed by atoms with Gasteiger partial charge in [-0.05, 0) is 12.1 Å². The van der Waals surface area contributed by atoms with Crippen LogP contribution >= 0.6 is 11.6 Å². The third-order valence-corrected chi connectivity index (χ3v) is 3.11. The summed E-state index contributed by atoms with van der Waals surface area (Å²) < 4.78 is 0. The summed E-state index contributed by atoms with van der Waals surface area (Å²) in [6, 6.07) is 4.81. The van der Waals surface area contributed by atoms with Gasteiger partial charge in [-0.1, -0.05) is 17.7 Å². The van der Waals surface area contributed by atoms with E-state index in [-0.39, 0.29) is 16.6 Å². The molecule has 6 nitrogen and oxygen atoms in total. The smallest absolute Gasteiger partial charge is 0.310 e. The van der Waals surface area contributed by atoms with E-state index in [1.165, 1.54) is 6.07 Å². The van der Waals surface area contributed by atoms with Gasteiger partial charge in [-0.25, -0.2) is 0 Å². The highest BCUT2D eigenvalue weighted by Crippen LogP contribution is 2.35. The molecule has 0 unspecified atom stereocenters. The molecule has 0 aromatic heterocycles. The van der Waals surface area contributed by atoms with Crippen molar-refractivity contribution in [2.24, 2.45) is 0 Å². The van der Waals surface area contributed by atoms with E-state index in [2.05, 4.69) is 5.32 Å². The molecular weight excluding hydrogens is 258 g/mol. The zero-order valence-electron chi connectivity index (χ0n) is 9.56. The van der Waals surface area contributed by atoms with Crippen LogP contribution in [0.25, 0.3) is 0 Å². The van der Waals surface area contributed by atoms with Gasteiger partial charge in [0, 0.05) is 26.1 Å². The normalized spacial score (nSPS) is 16.1. The minimum Gasteiger partial charge on any atom is -0.364 e. The maximum atomic E-state index is 11.2. The van der Waals surface area contributed by atoms with E-state index >= 15 is 0 Å². The Morgan fingerprint density at radius 2 is 2.17 bits per heavy atom. The van der Waals surface area contributed by atoms with Crippen molar-refractivity contribution in [2.45, 2.75) is 6.42 Å². The SMILES string of the molecule is O=C1CCN(c2cccc(Cl)c2[N+](=O)[O-])CCN1. The van der Waals surface area contributed by atoms with Gasteiger partial charge in [0.05, 0.1) is 4.92 Å².